The van der Waals surface area contributed by atoms with Crippen LogP contribution in [0.2, 0.25) is 0 Å². The molecule has 18 aliphatic carbocycles. The van der Waals surface area contributed by atoms with Crippen LogP contribution in [-0.4, -0.2) is 0 Å². The molecule has 18 fully saturated rings. The Kier molecular flexibility index (Phi) is 57.7. The molecule has 0 radical (unpaired) electrons. The topological polar surface area (TPSA) is 0 Å². The molecule has 0 heteroatoms. The molecule has 0 heterocycles. The van der Waals surface area contributed by atoms with Crippen molar-refractivity contribution in [3.8, 4) is 0 Å². The summed E-state index contributed by atoms with van der Waals surface area (Å²) in [5, 5.41) is 0. The maximum atomic E-state index is 2.54. The maximum Gasteiger partial charge on any atom is -0.0321 e. The first-order chi connectivity index (χ1) is 52.7. The largest absolute Gasteiger partial charge is 0.0683 e. The molecular weight excluding hydrogens is 1310 g/mol. The second kappa shape index (κ2) is 58.8. The highest BCUT2D eigenvalue weighted by atomic mass is 14.7. The molecule has 0 aromatic rings. The fourth-order valence-corrected chi connectivity index (χ4v) is 28.0. The van der Waals surface area contributed by atoms with E-state index in [9.17, 15) is 0 Å². The fourth-order valence-electron chi connectivity index (χ4n) is 28.0. The highest BCUT2D eigenvalue weighted by molar-refractivity contribution is 5.12. The van der Waals surface area contributed by atoms with Crippen molar-refractivity contribution < 1.29 is 0 Å². The first kappa shape index (κ1) is 107. The Morgan fingerprint density at radius 3 is 0.743 bits per heavy atom. The molecule has 36 unspecified atom stereocenters. The van der Waals surface area contributed by atoms with Gasteiger partial charge < -0.3 is 0 Å². The predicted molar refractivity (Wildman–Crippen MR) is 501 cm³/mol. The molecule has 109 heavy (non-hydrogen) atoms. The minimum Gasteiger partial charge on any atom is -0.0683 e. The summed E-state index contributed by atoms with van der Waals surface area (Å²) >= 11 is 0. The lowest BCUT2D eigenvalue weighted by atomic mass is 9.64. The lowest BCUT2D eigenvalue weighted by Crippen LogP contribution is -2.35. The molecule has 0 aromatic heterocycles. The van der Waals surface area contributed by atoms with E-state index in [1.807, 2.05) is 125 Å². The van der Waals surface area contributed by atoms with Crippen LogP contribution in [0.3, 0.4) is 0 Å². The van der Waals surface area contributed by atoms with Crippen LogP contribution in [0.15, 0.2) is 0 Å². The Morgan fingerprint density at radius 1 is 0.165 bits per heavy atom. The molecule has 0 saturated heterocycles. The van der Waals surface area contributed by atoms with Gasteiger partial charge in [0.05, 0.1) is 0 Å². The van der Waals surface area contributed by atoms with E-state index < -0.39 is 0 Å². The van der Waals surface area contributed by atoms with E-state index in [2.05, 4.69) is 125 Å². The molecule has 36 atom stereocenters. The van der Waals surface area contributed by atoms with Gasteiger partial charge in [-0.15, -0.1) is 0 Å². The van der Waals surface area contributed by atoms with Gasteiger partial charge in [0.2, 0.25) is 0 Å². The molecule has 0 spiro atoms. The van der Waals surface area contributed by atoms with Gasteiger partial charge in [-0.05, 0) is 329 Å². The van der Waals surface area contributed by atoms with Crippen LogP contribution in [0.1, 0.15) is 487 Å². The average Bonchev–Trinajstić information content (AvgIpc) is 1.55. The van der Waals surface area contributed by atoms with E-state index in [4.69, 9.17) is 0 Å². The van der Waals surface area contributed by atoms with Gasteiger partial charge in [-0.3, -0.25) is 0 Å². The molecule has 0 nitrogen and oxygen atoms in total. The van der Waals surface area contributed by atoms with E-state index in [1.165, 1.54) is 177 Å². The maximum absolute atomic E-state index is 2.54. The van der Waals surface area contributed by atoms with Gasteiger partial charge in [0.25, 0.3) is 0 Å². The van der Waals surface area contributed by atoms with Gasteiger partial charge in [0, 0.05) is 0 Å². The summed E-state index contributed by atoms with van der Waals surface area (Å²) in [4.78, 5) is 0. The number of hydrogen-bond donors (Lipinski definition) is 0. The summed E-state index contributed by atoms with van der Waals surface area (Å²) in [6, 6.07) is 0. The molecule has 0 amide bonds. The third-order valence-corrected chi connectivity index (χ3v) is 35.8. The van der Waals surface area contributed by atoms with Gasteiger partial charge in [-0.2, -0.15) is 0 Å². The summed E-state index contributed by atoms with van der Waals surface area (Å²) in [5.41, 5.74) is 0. The molecular formula is C109H218. The second-order valence-electron chi connectivity index (χ2n) is 39.8. The SMILES string of the molecule is CC.CC.CC.CC.CC.CC.CC.CC.CC.CC1C(C)C2CC1C1C3CCC(C3)C21.CC1C2CCC(C2)C1C.CC1CC2C3CCC(C3)C2C1C.CC1CC2CCCCC2CC1C.CC1CCC1C.CC1CCCC1C.CC1CCCCC1C.CCC1CC(CC)C2C3CCC(C3)C12.CCC1CCC(CC)C1. The molecule has 10 bridgehead atoms. The number of rotatable bonds is 4. The summed E-state index contributed by atoms with van der Waals surface area (Å²) in [7, 11) is 0. The van der Waals surface area contributed by atoms with Crippen molar-refractivity contribution in [3.63, 3.8) is 0 Å². The summed E-state index contributed by atoms with van der Waals surface area (Å²) in [6.45, 7) is 79.5. The van der Waals surface area contributed by atoms with Crippen molar-refractivity contribution >= 4 is 0 Å². The highest BCUT2D eigenvalue weighted by Gasteiger charge is 2.64. The first-order valence-electron chi connectivity index (χ1n) is 52.7. The summed E-state index contributed by atoms with van der Waals surface area (Å²) < 4.78 is 0. The Labute approximate surface area is 695 Å². The Hall–Kier alpha value is 0. The zero-order valence-electron chi connectivity index (χ0n) is 82.9. The van der Waals surface area contributed by atoms with Gasteiger partial charge in [0.15, 0.2) is 0 Å². The molecule has 18 saturated carbocycles. The van der Waals surface area contributed by atoms with Crippen molar-refractivity contribution in [1.82, 2.24) is 0 Å². The van der Waals surface area contributed by atoms with Crippen molar-refractivity contribution in [2.24, 2.45) is 213 Å². The Morgan fingerprint density at radius 2 is 0.459 bits per heavy atom. The van der Waals surface area contributed by atoms with Crippen LogP contribution < -0.4 is 0 Å². The van der Waals surface area contributed by atoms with Crippen molar-refractivity contribution in [1.29, 1.82) is 0 Å². The van der Waals surface area contributed by atoms with Gasteiger partial charge >= 0.3 is 0 Å². The quantitative estimate of drug-likeness (QED) is 0.246. The number of fused-ring (bicyclic) bond motifs is 22. The second-order valence-corrected chi connectivity index (χ2v) is 39.8. The van der Waals surface area contributed by atoms with Crippen LogP contribution in [0.5, 0.6) is 0 Å². The fraction of sp³-hybridized carbons (Fsp3) is 1.00. The average molecular weight is 1530 g/mol. The molecule has 0 aliphatic heterocycles. The third-order valence-electron chi connectivity index (χ3n) is 35.8. The first-order valence-corrected chi connectivity index (χ1v) is 52.7. The zero-order chi connectivity index (χ0) is 82.9. The van der Waals surface area contributed by atoms with E-state index >= 15 is 0 Å². The van der Waals surface area contributed by atoms with Gasteiger partial charge in [-0.25, -0.2) is 0 Å². The smallest absolute Gasteiger partial charge is 0.0321 e. The Bertz CT molecular complexity index is 1940. The lowest BCUT2D eigenvalue weighted by Gasteiger charge is -2.41. The highest BCUT2D eigenvalue weighted by Crippen LogP contribution is 2.70. The molecule has 654 valence electrons. The number of hydrogen-bond acceptors (Lipinski definition) is 0. The van der Waals surface area contributed by atoms with Crippen molar-refractivity contribution in [3.05, 3.63) is 0 Å². The molecule has 18 rings (SSSR count). The molecule has 0 aromatic carbocycles. The zero-order valence-corrected chi connectivity index (χ0v) is 82.9. The van der Waals surface area contributed by atoms with Crippen molar-refractivity contribution in [2.45, 2.75) is 487 Å². The van der Waals surface area contributed by atoms with Crippen molar-refractivity contribution in [2.75, 3.05) is 0 Å². The van der Waals surface area contributed by atoms with Crippen LogP contribution in [-0.2, 0) is 0 Å². The molecule has 18 aliphatic rings. The predicted octanol–water partition coefficient (Wildman–Crippen LogP) is 37.3. The summed E-state index contributed by atoms with van der Waals surface area (Å²) in [5.74, 6) is 39.6. The standard InChI is InChI=1S/C14H22.C14H24.C12H20.C12H22.C9H16.C9H18.C8H16.C7H14.C6H12.9C2H6/c1-7-8(2)12-6-11(7)13-9-3-4-10(5-9)14(12)13;1-3-9-7-10(4-2)14-12-6-5-11(8-12)13(9)14;1-7-5-11-9-3-4-10(6-9)12(11)8(7)2;1-9-7-11-5-3-4-6-12(11)8-10(9)2;1-6-7(2)9-4-3-8(6)5-9;1-3-8-5-6-9(4-2)7-8;1-7-5-3-4-6-8(7)2;1-6-4-3-5-7(6)2;1-5-3-4-6(5)2;9*1-2/h7-14H,3-6H2,1-2H3;9-14H,3-8H2,1-2H3;7-12H,3-6H2,1-2H3;9-12H,3-8H2,1-2H3;6-9H,3-5H2,1-2H3;8-9H,3-7H2,1-2H3;7-8H,3-6H2,1-2H3;6-7H,3-5H2,1-2H3;5-6H,3-4H2,1-2H3;9*1-2H3. The monoisotopic (exact) mass is 1530 g/mol. The minimum atomic E-state index is 1.00. The minimum absolute atomic E-state index is 1.00. The Balaban J connectivity index is 0.000000603. The third kappa shape index (κ3) is 29.7. The molecule has 0 N–H and O–H groups in total. The van der Waals surface area contributed by atoms with E-state index in [-0.39, 0.29) is 0 Å². The summed E-state index contributed by atoms with van der Waals surface area (Å²) in [6.07, 6.45) is 56.5. The van der Waals surface area contributed by atoms with Crippen LogP contribution in [0.4, 0.5) is 0 Å². The van der Waals surface area contributed by atoms with E-state index in [0.29, 0.717) is 0 Å². The van der Waals surface area contributed by atoms with Crippen LogP contribution in [0, 0.1) is 213 Å². The van der Waals surface area contributed by atoms with Crippen LogP contribution >= 0.6 is 0 Å². The van der Waals surface area contributed by atoms with E-state index in [1.54, 1.807) is 96.3 Å². The lowest BCUT2D eigenvalue weighted by molar-refractivity contribution is 0.0716. The van der Waals surface area contributed by atoms with Gasteiger partial charge in [0.1, 0.15) is 0 Å². The van der Waals surface area contributed by atoms with Gasteiger partial charge in [-0.1, -0.05) is 371 Å². The van der Waals surface area contributed by atoms with E-state index in [0.717, 1.165) is 178 Å². The normalized spacial score (nSPS) is 44.4. The van der Waals surface area contributed by atoms with Crippen LogP contribution in [0.25, 0.3) is 0 Å².